The minimum atomic E-state index is 0.596. The highest BCUT2D eigenvalue weighted by Gasteiger charge is 2.18. The number of nitrogen functional groups attached to an aromatic ring is 1. The van der Waals surface area contributed by atoms with Crippen LogP contribution in [-0.4, -0.2) is 19.6 Å². The first-order valence-electron chi connectivity index (χ1n) is 8.11. The van der Waals surface area contributed by atoms with Crippen LogP contribution in [0.3, 0.4) is 0 Å². The average molecular weight is 287 g/mol. The second-order valence-corrected chi connectivity index (χ2v) is 5.90. The second-order valence-electron chi connectivity index (χ2n) is 5.90. The van der Waals surface area contributed by atoms with Gasteiger partial charge in [-0.25, -0.2) is 0 Å². The van der Waals surface area contributed by atoms with Crippen molar-refractivity contribution in [1.29, 1.82) is 0 Å². The molecule has 0 atom stereocenters. The standard InChI is InChI=1S/C16H25N5/c1-3-14-16(17)15(4-2)21(19-14)11-12-9-10-20(18-12)13-7-5-6-8-13/h9-10,13H,3-8,11,17H2,1-2H3. The third-order valence-electron chi connectivity index (χ3n) is 4.52. The van der Waals surface area contributed by atoms with Gasteiger partial charge in [-0.1, -0.05) is 26.7 Å². The maximum Gasteiger partial charge on any atom is 0.0854 e. The molecular weight excluding hydrogens is 262 g/mol. The number of anilines is 1. The van der Waals surface area contributed by atoms with Crippen LogP contribution in [0.1, 0.15) is 62.7 Å². The molecule has 0 amide bonds. The zero-order valence-corrected chi connectivity index (χ0v) is 13.0. The van der Waals surface area contributed by atoms with Gasteiger partial charge in [-0.2, -0.15) is 10.2 Å². The van der Waals surface area contributed by atoms with Crippen molar-refractivity contribution < 1.29 is 0 Å². The molecule has 2 aromatic heterocycles. The number of hydrogen-bond acceptors (Lipinski definition) is 3. The highest BCUT2D eigenvalue weighted by molar-refractivity contribution is 5.48. The zero-order valence-electron chi connectivity index (χ0n) is 13.0. The summed E-state index contributed by atoms with van der Waals surface area (Å²) in [6.45, 7) is 4.94. The molecule has 0 radical (unpaired) electrons. The van der Waals surface area contributed by atoms with Gasteiger partial charge in [0, 0.05) is 6.20 Å². The molecule has 0 saturated heterocycles. The van der Waals surface area contributed by atoms with Crippen LogP contribution in [0, 0.1) is 0 Å². The summed E-state index contributed by atoms with van der Waals surface area (Å²) < 4.78 is 4.16. The summed E-state index contributed by atoms with van der Waals surface area (Å²) in [6.07, 6.45) is 9.08. The third-order valence-corrected chi connectivity index (χ3v) is 4.52. The van der Waals surface area contributed by atoms with Crippen LogP contribution in [0.25, 0.3) is 0 Å². The van der Waals surface area contributed by atoms with Crippen LogP contribution in [-0.2, 0) is 19.4 Å². The van der Waals surface area contributed by atoms with Crippen molar-refractivity contribution >= 4 is 5.69 Å². The lowest BCUT2D eigenvalue weighted by atomic mass is 10.2. The fourth-order valence-corrected chi connectivity index (χ4v) is 3.32. The molecule has 1 aliphatic rings. The van der Waals surface area contributed by atoms with Crippen LogP contribution in [0.5, 0.6) is 0 Å². The first-order valence-corrected chi connectivity index (χ1v) is 8.11. The van der Waals surface area contributed by atoms with Gasteiger partial charge < -0.3 is 5.73 Å². The molecule has 1 aliphatic carbocycles. The van der Waals surface area contributed by atoms with Gasteiger partial charge >= 0.3 is 0 Å². The van der Waals surface area contributed by atoms with Crippen molar-refractivity contribution in [3.8, 4) is 0 Å². The van der Waals surface area contributed by atoms with Gasteiger partial charge in [0.25, 0.3) is 0 Å². The highest BCUT2D eigenvalue weighted by atomic mass is 15.3. The predicted molar refractivity (Wildman–Crippen MR) is 84.2 cm³/mol. The first-order chi connectivity index (χ1) is 10.2. The van der Waals surface area contributed by atoms with E-state index in [0.717, 1.165) is 35.6 Å². The van der Waals surface area contributed by atoms with Crippen LogP contribution < -0.4 is 5.73 Å². The molecule has 0 aliphatic heterocycles. The lowest BCUT2D eigenvalue weighted by Crippen LogP contribution is -2.09. The molecule has 114 valence electrons. The van der Waals surface area contributed by atoms with Crippen LogP contribution in [0.15, 0.2) is 12.3 Å². The Hall–Kier alpha value is -1.78. The normalized spacial score (nSPS) is 15.9. The Morgan fingerprint density at radius 1 is 1.19 bits per heavy atom. The molecule has 0 spiro atoms. The third kappa shape index (κ3) is 2.69. The van der Waals surface area contributed by atoms with Crippen LogP contribution in [0.2, 0.25) is 0 Å². The van der Waals surface area contributed by atoms with E-state index in [4.69, 9.17) is 10.8 Å². The highest BCUT2D eigenvalue weighted by Crippen LogP contribution is 2.28. The summed E-state index contributed by atoms with van der Waals surface area (Å²) in [5, 5.41) is 9.39. The van der Waals surface area contributed by atoms with Crippen LogP contribution in [0.4, 0.5) is 5.69 Å². The van der Waals surface area contributed by atoms with E-state index >= 15 is 0 Å². The first kappa shape index (κ1) is 14.2. The average Bonchev–Trinajstić information content (AvgIpc) is 3.19. The van der Waals surface area contributed by atoms with E-state index in [0.29, 0.717) is 12.6 Å². The van der Waals surface area contributed by atoms with Crippen LogP contribution >= 0.6 is 0 Å². The van der Waals surface area contributed by atoms with E-state index in [-0.39, 0.29) is 0 Å². The van der Waals surface area contributed by atoms with Crippen molar-refractivity contribution in [1.82, 2.24) is 19.6 Å². The molecular formula is C16H25N5. The van der Waals surface area contributed by atoms with E-state index in [1.807, 2.05) is 4.68 Å². The van der Waals surface area contributed by atoms with Gasteiger partial charge in [-0.15, -0.1) is 0 Å². The van der Waals surface area contributed by atoms with Gasteiger partial charge in [0.15, 0.2) is 0 Å². The zero-order chi connectivity index (χ0) is 14.8. The maximum atomic E-state index is 6.17. The fourth-order valence-electron chi connectivity index (χ4n) is 3.32. The Bertz CT molecular complexity index is 604. The molecule has 3 rings (SSSR count). The van der Waals surface area contributed by atoms with Gasteiger partial charge in [0.1, 0.15) is 0 Å². The monoisotopic (exact) mass is 287 g/mol. The predicted octanol–water partition coefficient (Wildman–Crippen LogP) is 2.95. The molecule has 2 heterocycles. The van der Waals surface area contributed by atoms with E-state index in [1.54, 1.807) is 0 Å². The van der Waals surface area contributed by atoms with Crippen molar-refractivity contribution in [2.24, 2.45) is 0 Å². The van der Waals surface area contributed by atoms with Crippen molar-refractivity contribution in [2.45, 2.75) is 65.0 Å². The second kappa shape index (κ2) is 5.92. The largest absolute Gasteiger partial charge is 0.396 e. The van der Waals surface area contributed by atoms with Gasteiger partial charge in [0.2, 0.25) is 0 Å². The van der Waals surface area contributed by atoms with E-state index in [2.05, 4.69) is 35.9 Å². The smallest absolute Gasteiger partial charge is 0.0854 e. The molecule has 2 aromatic rings. The van der Waals surface area contributed by atoms with E-state index < -0.39 is 0 Å². The quantitative estimate of drug-likeness (QED) is 0.919. The van der Waals surface area contributed by atoms with Crippen molar-refractivity contribution in [3.05, 3.63) is 29.3 Å². The molecule has 1 saturated carbocycles. The molecule has 0 unspecified atom stereocenters. The molecule has 21 heavy (non-hydrogen) atoms. The van der Waals surface area contributed by atoms with Crippen molar-refractivity contribution in [3.63, 3.8) is 0 Å². The number of aryl methyl sites for hydroxylation is 1. The Balaban J connectivity index is 1.80. The van der Waals surface area contributed by atoms with Gasteiger partial charge in [-0.3, -0.25) is 9.36 Å². The summed E-state index contributed by atoms with van der Waals surface area (Å²) in [5.74, 6) is 0. The SMILES string of the molecule is CCc1nn(Cc2ccn(C3CCCC3)n2)c(CC)c1N. The Labute approximate surface area is 126 Å². The van der Waals surface area contributed by atoms with Gasteiger partial charge in [-0.05, 0) is 31.7 Å². The maximum absolute atomic E-state index is 6.17. The van der Waals surface area contributed by atoms with Gasteiger partial charge in [0.05, 0.1) is 35.4 Å². The number of rotatable bonds is 5. The number of nitrogens with two attached hydrogens (primary N) is 1. The lowest BCUT2D eigenvalue weighted by molar-refractivity contribution is 0.460. The topological polar surface area (TPSA) is 61.7 Å². The lowest BCUT2D eigenvalue weighted by Gasteiger charge is -2.09. The minimum absolute atomic E-state index is 0.596. The number of hydrogen-bond donors (Lipinski definition) is 1. The Morgan fingerprint density at radius 3 is 2.62 bits per heavy atom. The molecule has 0 aromatic carbocycles. The Morgan fingerprint density at radius 2 is 1.95 bits per heavy atom. The molecule has 2 N–H and O–H groups in total. The fraction of sp³-hybridized carbons (Fsp3) is 0.625. The summed E-state index contributed by atoms with van der Waals surface area (Å²) in [5.41, 5.74) is 10.2. The summed E-state index contributed by atoms with van der Waals surface area (Å²) in [6, 6.07) is 2.71. The summed E-state index contributed by atoms with van der Waals surface area (Å²) in [7, 11) is 0. The molecule has 5 nitrogen and oxygen atoms in total. The summed E-state index contributed by atoms with van der Waals surface area (Å²) in [4.78, 5) is 0. The van der Waals surface area contributed by atoms with E-state index in [1.165, 1.54) is 25.7 Å². The summed E-state index contributed by atoms with van der Waals surface area (Å²) >= 11 is 0. The molecule has 1 fully saturated rings. The molecule has 5 heteroatoms. The number of nitrogens with zero attached hydrogens (tertiary/aromatic N) is 4. The Kier molecular flexibility index (Phi) is 3.99. The van der Waals surface area contributed by atoms with E-state index in [9.17, 15) is 0 Å². The van der Waals surface area contributed by atoms with Crippen molar-refractivity contribution in [2.75, 3.05) is 5.73 Å². The molecule has 0 bridgehead atoms. The minimum Gasteiger partial charge on any atom is -0.396 e. The number of aromatic nitrogens is 4.